The summed E-state index contributed by atoms with van der Waals surface area (Å²) in [4.78, 5) is 25.0. The van der Waals surface area contributed by atoms with E-state index >= 15 is 0 Å². The highest BCUT2D eigenvalue weighted by Crippen LogP contribution is 2.37. The molecule has 0 saturated carbocycles. The van der Waals surface area contributed by atoms with Crippen LogP contribution in [0, 0.1) is 0 Å². The van der Waals surface area contributed by atoms with Crippen LogP contribution in [0.15, 0.2) is 77.9 Å². The van der Waals surface area contributed by atoms with Crippen LogP contribution in [0.5, 0.6) is 11.5 Å². The number of nitrogens with zero attached hydrogens (tertiary/aromatic N) is 1. The fourth-order valence-corrected chi connectivity index (χ4v) is 4.33. The molecule has 3 aromatic carbocycles. The number of esters is 1. The van der Waals surface area contributed by atoms with Gasteiger partial charge >= 0.3 is 5.97 Å². The van der Waals surface area contributed by atoms with Gasteiger partial charge in [-0.1, -0.05) is 29.8 Å². The highest BCUT2D eigenvalue weighted by atomic mass is 35.5. The largest absolute Gasteiger partial charge is 0.497 e. The van der Waals surface area contributed by atoms with Crippen LogP contribution in [-0.4, -0.2) is 25.2 Å². The maximum Gasteiger partial charge on any atom is 0.343 e. The number of rotatable bonds is 6. The minimum atomic E-state index is -0.433. The predicted molar refractivity (Wildman–Crippen MR) is 126 cm³/mol. The molecule has 4 rings (SSSR count). The lowest BCUT2D eigenvalue weighted by Gasteiger charge is -2.04. The van der Waals surface area contributed by atoms with Crippen molar-refractivity contribution in [3.63, 3.8) is 0 Å². The fraction of sp³-hybridized carbons (Fsp3) is 0.0417. The molecule has 0 fully saturated rings. The highest BCUT2D eigenvalue weighted by molar-refractivity contribution is 7.21. The molecule has 0 spiro atoms. The van der Waals surface area contributed by atoms with E-state index in [-0.39, 0.29) is 0 Å². The quantitative estimate of drug-likeness (QED) is 0.176. The van der Waals surface area contributed by atoms with Crippen molar-refractivity contribution in [1.82, 2.24) is 5.43 Å². The molecular weight excluding hydrogens is 448 g/mol. The summed E-state index contributed by atoms with van der Waals surface area (Å²) in [6, 6.07) is 20.9. The Labute approximate surface area is 193 Å². The Morgan fingerprint density at radius 3 is 2.44 bits per heavy atom. The average molecular weight is 465 g/mol. The minimum absolute atomic E-state index is 0.371. The molecule has 0 unspecified atom stereocenters. The molecule has 160 valence electrons. The van der Waals surface area contributed by atoms with E-state index in [1.54, 1.807) is 61.7 Å². The SMILES string of the molecule is COc1ccc2c(Cl)c(C(=O)N/N=C\c3ccc(OC(=O)c4ccccc4)cc3)sc2c1. The molecular formula is C24H17ClN2O4S. The van der Waals surface area contributed by atoms with Crippen molar-refractivity contribution in [2.24, 2.45) is 5.10 Å². The van der Waals surface area contributed by atoms with Gasteiger partial charge in [0.2, 0.25) is 0 Å². The van der Waals surface area contributed by atoms with E-state index < -0.39 is 11.9 Å². The molecule has 6 nitrogen and oxygen atoms in total. The zero-order chi connectivity index (χ0) is 22.5. The van der Waals surface area contributed by atoms with E-state index in [2.05, 4.69) is 10.5 Å². The van der Waals surface area contributed by atoms with Crippen LogP contribution < -0.4 is 14.9 Å². The Morgan fingerprint density at radius 2 is 1.72 bits per heavy atom. The molecule has 1 aromatic heterocycles. The van der Waals surface area contributed by atoms with Gasteiger partial charge in [-0.15, -0.1) is 11.3 Å². The van der Waals surface area contributed by atoms with E-state index in [9.17, 15) is 9.59 Å². The van der Waals surface area contributed by atoms with Crippen LogP contribution in [0.3, 0.4) is 0 Å². The summed E-state index contributed by atoms with van der Waals surface area (Å²) < 4.78 is 11.4. The Morgan fingerprint density at radius 1 is 1.00 bits per heavy atom. The van der Waals surface area contributed by atoms with Gasteiger partial charge in [-0.25, -0.2) is 10.2 Å². The summed E-state index contributed by atoms with van der Waals surface area (Å²) in [6.07, 6.45) is 1.49. The number of thiophene rings is 1. The van der Waals surface area contributed by atoms with Crippen LogP contribution >= 0.6 is 22.9 Å². The van der Waals surface area contributed by atoms with Crippen LogP contribution in [0.1, 0.15) is 25.6 Å². The molecule has 1 amide bonds. The molecule has 32 heavy (non-hydrogen) atoms. The van der Waals surface area contributed by atoms with E-state index in [1.807, 2.05) is 18.2 Å². The average Bonchev–Trinajstić information content (AvgIpc) is 3.16. The van der Waals surface area contributed by atoms with Crippen LogP contribution in [0.2, 0.25) is 5.02 Å². The number of benzene rings is 3. The van der Waals surface area contributed by atoms with Gasteiger partial charge in [0.25, 0.3) is 5.91 Å². The lowest BCUT2D eigenvalue weighted by molar-refractivity contribution is 0.0734. The maximum absolute atomic E-state index is 12.5. The standard InChI is InChI=1S/C24H17ClN2O4S/c1-30-18-11-12-19-20(13-18)32-22(21(19)25)23(28)27-26-14-15-7-9-17(10-8-15)31-24(29)16-5-3-2-4-6-16/h2-14H,1H3,(H,27,28)/b26-14-. The predicted octanol–water partition coefficient (Wildman–Crippen LogP) is 5.55. The van der Waals surface area contributed by atoms with E-state index in [4.69, 9.17) is 21.1 Å². The van der Waals surface area contributed by atoms with Gasteiger partial charge in [0.15, 0.2) is 0 Å². The first-order valence-corrected chi connectivity index (χ1v) is 10.7. The van der Waals surface area contributed by atoms with Crippen molar-refractivity contribution in [1.29, 1.82) is 0 Å². The number of methoxy groups -OCH3 is 1. The van der Waals surface area contributed by atoms with Gasteiger partial charge in [0.05, 0.1) is 23.9 Å². The summed E-state index contributed by atoms with van der Waals surface area (Å²) in [5.74, 6) is 0.266. The highest BCUT2D eigenvalue weighted by Gasteiger charge is 2.17. The Hall–Kier alpha value is -3.68. The van der Waals surface area contributed by atoms with Crippen LogP contribution in [-0.2, 0) is 0 Å². The number of carbonyl (C=O) groups excluding carboxylic acids is 2. The molecule has 0 saturated heterocycles. The number of fused-ring (bicyclic) bond motifs is 1. The molecule has 0 bridgehead atoms. The number of nitrogens with one attached hydrogen (secondary N) is 1. The zero-order valence-electron chi connectivity index (χ0n) is 16.9. The van der Waals surface area contributed by atoms with Crippen LogP contribution in [0.25, 0.3) is 10.1 Å². The number of ether oxygens (including phenoxy) is 2. The number of hydrazone groups is 1. The van der Waals surface area contributed by atoms with Crippen molar-refractivity contribution in [3.05, 3.63) is 93.8 Å². The second-order valence-electron chi connectivity index (χ2n) is 6.63. The normalized spacial score (nSPS) is 10.9. The molecule has 0 aliphatic heterocycles. The molecule has 0 aliphatic carbocycles. The summed E-state index contributed by atoms with van der Waals surface area (Å²) in [5, 5.41) is 5.16. The Kier molecular flexibility index (Phi) is 6.49. The third-order valence-electron chi connectivity index (χ3n) is 4.52. The topological polar surface area (TPSA) is 77.0 Å². The molecule has 0 radical (unpaired) electrons. The molecule has 1 N–H and O–H groups in total. The first-order chi connectivity index (χ1) is 15.5. The summed E-state index contributed by atoms with van der Waals surface area (Å²) in [7, 11) is 1.58. The van der Waals surface area contributed by atoms with Crippen LogP contribution in [0.4, 0.5) is 0 Å². The molecule has 4 aromatic rings. The smallest absolute Gasteiger partial charge is 0.343 e. The number of hydrogen-bond acceptors (Lipinski definition) is 6. The number of halogens is 1. The van der Waals surface area contributed by atoms with E-state index in [1.165, 1.54) is 17.6 Å². The third-order valence-corrected chi connectivity index (χ3v) is 6.18. The maximum atomic E-state index is 12.5. The fourth-order valence-electron chi connectivity index (χ4n) is 2.90. The van der Waals surface area contributed by atoms with Gasteiger partial charge in [-0.3, -0.25) is 4.79 Å². The lowest BCUT2D eigenvalue weighted by Crippen LogP contribution is -2.16. The molecule has 0 atom stereocenters. The van der Waals surface area contributed by atoms with E-state index in [0.29, 0.717) is 27.0 Å². The molecule has 8 heteroatoms. The van der Waals surface area contributed by atoms with Crippen molar-refractivity contribution in [3.8, 4) is 11.5 Å². The van der Waals surface area contributed by atoms with E-state index in [0.717, 1.165) is 15.6 Å². The summed E-state index contributed by atoms with van der Waals surface area (Å²) in [6.45, 7) is 0. The number of amides is 1. The monoisotopic (exact) mass is 464 g/mol. The first kappa shape index (κ1) is 21.5. The van der Waals surface area contributed by atoms with Crippen molar-refractivity contribution < 1.29 is 19.1 Å². The lowest BCUT2D eigenvalue weighted by atomic mass is 10.2. The van der Waals surface area contributed by atoms with Gasteiger partial charge in [0.1, 0.15) is 16.4 Å². The molecule has 0 aliphatic rings. The molecule has 1 heterocycles. The Bertz CT molecular complexity index is 1300. The third kappa shape index (κ3) is 4.80. The first-order valence-electron chi connectivity index (χ1n) is 9.52. The summed E-state index contributed by atoms with van der Waals surface area (Å²) in [5.41, 5.74) is 3.68. The number of carbonyl (C=O) groups is 2. The second-order valence-corrected chi connectivity index (χ2v) is 8.06. The van der Waals surface area contributed by atoms with Gasteiger partial charge < -0.3 is 9.47 Å². The van der Waals surface area contributed by atoms with Crippen molar-refractivity contribution >= 4 is 51.1 Å². The van der Waals surface area contributed by atoms with Gasteiger partial charge in [-0.2, -0.15) is 5.10 Å². The second kappa shape index (κ2) is 9.64. The zero-order valence-corrected chi connectivity index (χ0v) is 18.4. The van der Waals surface area contributed by atoms with Gasteiger partial charge in [-0.05, 0) is 60.2 Å². The van der Waals surface area contributed by atoms with Crippen molar-refractivity contribution in [2.75, 3.05) is 7.11 Å². The minimum Gasteiger partial charge on any atom is -0.497 e. The summed E-state index contributed by atoms with van der Waals surface area (Å²) >= 11 is 7.63. The Balaban J connectivity index is 1.38. The van der Waals surface area contributed by atoms with Crippen molar-refractivity contribution in [2.45, 2.75) is 0 Å². The number of hydrogen-bond donors (Lipinski definition) is 1. The van der Waals surface area contributed by atoms with Gasteiger partial charge in [0, 0.05) is 10.1 Å².